The molecule has 0 unspecified atom stereocenters. The van der Waals surface area contributed by atoms with Crippen LogP contribution in [0.5, 0.6) is 0 Å². The van der Waals surface area contributed by atoms with Gasteiger partial charge in [-0.15, -0.1) is 0 Å². The Balaban J connectivity index is 1.79. The Morgan fingerprint density at radius 3 is 1.88 bits per heavy atom. The van der Waals surface area contributed by atoms with Gasteiger partial charge >= 0.3 is 0 Å². The van der Waals surface area contributed by atoms with E-state index in [9.17, 15) is 0 Å². The summed E-state index contributed by atoms with van der Waals surface area (Å²) in [5.74, 6) is 1.74. The van der Waals surface area contributed by atoms with Gasteiger partial charge in [-0.25, -0.2) is 9.97 Å². The molecule has 0 bridgehead atoms. The lowest BCUT2D eigenvalue weighted by Gasteiger charge is -2.11. The summed E-state index contributed by atoms with van der Waals surface area (Å²) in [6.45, 7) is 4.27. The zero-order chi connectivity index (χ0) is 17.7. The fourth-order valence-electron chi connectivity index (χ4n) is 3.47. The minimum Gasteiger partial charge on any atom is -0.338 e. The second-order valence-corrected chi connectivity index (χ2v) is 6.64. The first-order valence-corrected chi connectivity index (χ1v) is 8.71. The van der Waals surface area contributed by atoms with Gasteiger partial charge in [0.1, 0.15) is 11.6 Å². The number of rotatable bonds is 2. The largest absolute Gasteiger partial charge is 0.338 e. The first-order valence-electron chi connectivity index (χ1n) is 8.71. The van der Waals surface area contributed by atoms with Crippen molar-refractivity contribution in [2.75, 3.05) is 0 Å². The molecule has 2 heterocycles. The summed E-state index contributed by atoms with van der Waals surface area (Å²) >= 11 is 0. The third-order valence-electron chi connectivity index (χ3n) is 5.01. The maximum atomic E-state index is 4.83. The Labute approximate surface area is 150 Å². The molecule has 26 heavy (non-hydrogen) atoms. The molecule has 5 aromatic rings. The van der Waals surface area contributed by atoms with Gasteiger partial charge in [-0.3, -0.25) is 0 Å². The summed E-state index contributed by atoms with van der Waals surface area (Å²) in [5, 5.41) is 0. The third kappa shape index (κ3) is 2.23. The van der Waals surface area contributed by atoms with E-state index in [0.717, 1.165) is 44.8 Å². The van der Waals surface area contributed by atoms with Crippen molar-refractivity contribution in [1.29, 1.82) is 0 Å². The van der Waals surface area contributed by atoms with Crippen LogP contribution in [-0.2, 0) is 0 Å². The Bertz CT molecular complexity index is 1190. The van der Waals surface area contributed by atoms with E-state index in [4.69, 9.17) is 9.97 Å². The van der Waals surface area contributed by atoms with Crippen LogP contribution in [0, 0.1) is 13.8 Å². The summed E-state index contributed by atoms with van der Waals surface area (Å²) in [6, 6.07) is 20.5. The molecule has 0 aliphatic rings. The Morgan fingerprint density at radius 2 is 1.23 bits per heavy atom. The van der Waals surface area contributed by atoms with E-state index in [1.807, 2.05) is 42.5 Å². The van der Waals surface area contributed by atoms with Crippen molar-refractivity contribution in [3.63, 3.8) is 0 Å². The molecule has 3 aromatic carbocycles. The summed E-state index contributed by atoms with van der Waals surface area (Å²) in [6.07, 6.45) is 0. The number of benzene rings is 3. The molecular formula is C22H18N4. The van der Waals surface area contributed by atoms with Crippen LogP contribution in [0.25, 0.3) is 44.8 Å². The van der Waals surface area contributed by atoms with Crippen LogP contribution in [0.1, 0.15) is 11.1 Å². The fraction of sp³-hybridized carbons (Fsp3) is 0.0909. The number of fused-ring (bicyclic) bond motifs is 2. The molecule has 0 aliphatic carbocycles. The van der Waals surface area contributed by atoms with Crippen molar-refractivity contribution < 1.29 is 0 Å². The summed E-state index contributed by atoms with van der Waals surface area (Å²) in [4.78, 5) is 16.5. The summed E-state index contributed by atoms with van der Waals surface area (Å²) in [7, 11) is 0. The molecule has 0 saturated carbocycles. The highest BCUT2D eigenvalue weighted by atomic mass is 14.9. The van der Waals surface area contributed by atoms with Crippen LogP contribution in [-0.4, -0.2) is 19.9 Å². The number of imidazole rings is 2. The van der Waals surface area contributed by atoms with E-state index >= 15 is 0 Å². The highest BCUT2D eigenvalue weighted by Gasteiger charge is 2.17. The molecule has 5 rings (SSSR count). The maximum absolute atomic E-state index is 4.83. The Morgan fingerprint density at radius 1 is 0.654 bits per heavy atom. The zero-order valence-electron chi connectivity index (χ0n) is 14.7. The molecule has 0 radical (unpaired) electrons. The average Bonchev–Trinajstić information content (AvgIpc) is 3.27. The number of aryl methyl sites for hydroxylation is 1. The lowest BCUT2D eigenvalue weighted by molar-refractivity contribution is 1.25. The highest BCUT2D eigenvalue weighted by Crippen LogP contribution is 2.35. The molecular weight excluding hydrogens is 320 g/mol. The minimum absolute atomic E-state index is 0.866. The number of hydrogen-bond donors (Lipinski definition) is 2. The molecule has 4 heteroatoms. The van der Waals surface area contributed by atoms with Gasteiger partial charge in [0.15, 0.2) is 0 Å². The van der Waals surface area contributed by atoms with Crippen LogP contribution >= 0.6 is 0 Å². The van der Waals surface area contributed by atoms with E-state index in [-0.39, 0.29) is 0 Å². The van der Waals surface area contributed by atoms with Gasteiger partial charge in [0.25, 0.3) is 0 Å². The van der Waals surface area contributed by atoms with Crippen molar-refractivity contribution in [2.45, 2.75) is 13.8 Å². The molecule has 0 atom stereocenters. The van der Waals surface area contributed by atoms with Gasteiger partial charge in [-0.2, -0.15) is 0 Å². The number of aromatic nitrogens is 4. The molecule has 126 valence electrons. The lowest BCUT2D eigenvalue weighted by Crippen LogP contribution is -1.95. The van der Waals surface area contributed by atoms with Crippen LogP contribution in [0.3, 0.4) is 0 Å². The van der Waals surface area contributed by atoms with Crippen molar-refractivity contribution in [1.82, 2.24) is 19.9 Å². The van der Waals surface area contributed by atoms with E-state index in [1.54, 1.807) is 0 Å². The van der Waals surface area contributed by atoms with Crippen LogP contribution in [0.2, 0.25) is 0 Å². The second-order valence-electron chi connectivity index (χ2n) is 6.64. The topological polar surface area (TPSA) is 57.4 Å². The van der Waals surface area contributed by atoms with E-state index in [2.05, 4.69) is 42.0 Å². The molecule has 2 aromatic heterocycles. The van der Waals surface area contributed by atoms with Crippen LogP contribution < -0.4 is 0 Å². The van der Waals surface area contributed by atoms with Gasteiger partial charge in [0.05, 0.1) is 22.1 Å². The molecule has 0 saturated heterocycles. The van der Waals surface area contributed by atoms with Gasteiger partial charge < -0.3 is 9.97 Å². The van der Waals surface area contributed by atoms with Gasteiger partial charge in [-0.1, -0.05) is 36.4 Å². The van der Waals surface area contributed by atoms with E-state index in [1.165, 1.54) is 11.1 Å². The van der Waals surface area contributed by atoms with Crippen LogP contribution in [0.4, 0.5) is 0 Å². The van der Waals surface area contributed by atoms with Gasteiger partial charge in [0, 0.05) is 11.1 Å². The van der Waals surface area contributed by atoms with E-state index in [0.29, 0.717) is 0 Å². The van der Waals surface area contributed by atoms with Crippen molar-refractivity contribution >= 4 is 22.1 Å². The molecule has 4 nitrogen and oxygen atoms in total. The smallest absolute Gasteiger partial charge is 0.139 e. The molecule has 0 fully saturated rings. The number of hydrogen-bond acceptors (Lipinski definition) is 2. The van der Waals surface area contributed by atoms with Gasteiger partial charge in [-0.05, 0) is 49.2 Å². The van der Waals surface area contributed by atoms with Crippen molar-refractivity contribution in [3.8, 4) is 22.8 Å². The number of nitrogens with one attached hydrogen (secondary N) is 2. The highest BCUT2D eigenvalue weighted by molar-refractivity contribution is 5.88. The first-order chi connectivity index (χ1) is 12.7. The number of aromatic amines is 2. The number of H-pyrrole nitrogens is 2. The molecule has 2 N–H and O–H groups in total. The monoisotopic (exact) mass is 338 g/mol. The quantitative estimate of drug-likeness (QED) is 0.453. The number of nitrogens with zero attached hydrogens (tertiary/aromatic N) is 2. The standard InChI is InChI=1S/C22H18N4/c1-13-11-12-15(21-23-16-7-3-4-8-17(16)24-21)20(14(13)2)22-25-18-9-5-6-10-19(18)26-22/h3-12H,1-2H3,(H,23,24)(H,25,26). The summed E-state index contributed by atoms with van der Waals surface area (Å²) < 4.78 is 0. The van der Waals surface area contributed by atoms with Crippen molar-refractivity contribution in [3.05, 3.63) is 71.8 Å². The van der Waals surface area contributed by atoms with E-state index < -0.39 is 0 Å². The first kappa shape index (κ1) is 14.9. The maximum Gasteiger partial charge on any atom is 0.139 e. The number of para-hydroxylation sites is 4. The summed E-state index contributed by atoms with van der Waals surface area (Å²) in [5.41, 5.74) is 8.62. The fourth-order valence-corrected chi connectivity index (χ4v) is 3.47. The normalized spacial score (nSPS) is 11.5. The molecule has 0 aliphatic heterocycles. The Hall–Kier alpha value is -3.40. The molecule has 0 amide bonds. The average molecular weight is 338 g/mol. The SMILES string of the molecule is Cc1ccc(-c2nc3ccccc3[nH]2)c(-c2nc3ccccc3[nH]2)c1C. The molecule has 0 spiro atoms. The predicted molar refractivity (Wildman–Crippen MR) is 106 cm³/mol. The minimum atomic E-state index is 0.866. The van der Waals surface area contributed by atoms with Gasteiger partial charge in [0.2, 0.25) is 0 Å². The lowest BCUT2D eigenvalue weighted by atomic mass is 9.96. The van der Waals surface area contributed by atoms with Crippen molar-refractivity contribution in [2.24, 2.45) is 0 Å². The Kier molecular flexibility index (Phi) is 3.19. The zero-order valence-corrected chi connectivity index (χ0v) is 14.7. The van der Waals surface area contributed by atoms with Crippen LogP contribution in [0.15, 0.2) is 60.7 Å². The second kappa shape index (κ2) is 5.56. The third-order valence-corrected chi connectivity index (χ3v) is 5.01. The predicted octanol–water partition coefficient (Wildman–Crippen LogP) is 5.39.